The maximum absolute atomic E-state index is 6.28. The Kier molecular flexibility index (Phi) is 3.54. The van der Waals surface area contributed by atoms with Gasteiger partial charge in [-0.15, -0.1) is 11.3 Å². The highest BCUT2D eigenvalue weighted by molar-refractivity contribution is 7.09. The van der Waals surface area contributed by atoms with Crippen molar-refractivity contribution in [3.05, 3.63) is 34.3 Å². The molecule has 0 aromatic carbocycles. The molecule has 0 aliphatic carbocycles. The molecule has 0 aliphatic rings. The minimum absolute atomic E-state index is 0.0689. The number of thiazole rings is 1. The molecule has 2 aromatic heterocycles. The van der Waals surface area contributed by atoms with E-state index in [4.69, 9.17) is 5.73 Å². The number of imidazole rings is 1. The lowest BCUT2D eigenvalue weighted by molar-refractivity contribution is 0.568. The average molecular weight is 264 g/mol. The van der Waals surface area contributed by atoms with Crippen LogP contribution in [0.3, 0.4) is 0 Å². The molecule has 1 atom stereocenters. The van der Waals surface area contributed by atoms with Crippen molar-refractivity contribution < 1.29 is 0 Å². The highest BCUT2D eigenvalue weighted by atomic mass is 32.1. The van der Waals surface area contributed by atoms with Crippen LogP contribution in [0.15, 0.2) is 17.9 Å². The van der Waals surface area contributed by atoms with Crippen molar-refractivity contribution in [2.24, 2.45) is 5.73 Å². The molecule has 4 nitrogen and oxygen atoms in total. The van der Waals surface area contributed by atoms with Crippen LogP contribution in [0.4, 0.5) is 0 Å². The predicted octanol–water partition coefficient (Wildman–Crippen LogP) is 2.71. The first-order valence-corrected chi connectivity index (χ1v) is 7.03. The molecule has 2 N–H and O–H groups in total. The standard InChI is InChI=1S/C13H20N4S/c1-5-17-8-15-6-9(17)11(14)12-16-10(7-18-12)13(2,3)4/h6-8,11H,5,14H2,1-4H3. The Morgan fingerprint density at radius 3 is 2.72 bits per heavy atom. The molecular weight excluding hydrogens is 244 g/mol. The summed E-state index contributed by atoms with van der Waals surface area (Å²) >= 11 is 1.62. The zero-order chi connectivity index (χ0) is 13.3. The van der Waals surface area contributed by atoms with E-state index in [1.807, 2.05) is 12.5 Å². The van der Waals surface area contributed by atoms with Crippen molar-refractivity contribution in [1.82, 2.24) is 14.5 Å². The van der Waals surface area contributed by atoms with Gasteiger partial charge in [0.05, 0.1) is 30.0 Å². The van der Waals surface area contributed by atoms with Crippen LogP contribution in [-0.4, -0.2) is 14.5 Å². The van der Waals surface area contributed by atoms with Gasteiger partial charge in [0.25, 0.3) is 0 Å². The van der Waals surface area contributed by atoms with Gasteiger partial charge < -0.3 is 10.3 Å². The van der Waals surface area contributed by atoms with Gasteiger partial charge in [-0.1, -0.05) is 20.8 Å². The monoisotopic (exact) mass is 264 g/mol. The summed E-state index contributed by atoms with van der Waals surface area (Å²) in [7, 11) is 0. The fourth-order valence-corrected chi connectivity index (χ4v) is 2.81. The Morgan fingerprint density at radius 1 is 1.44 bits per heavy atom. The van der Waals surface area contributed by atoms with Gasteiger partial charge in [-0.3, -0.25) is 0 Å². The summed E-state index contributed by atoms with van der Waals surface area (Å²) in [5.41, 5.74) is 8.47. The second kappa shape index (κ2) is 4.82. The van der Waals surface area contributed by atoms with Gasteiger partial charge in [-0.2, -0.15) is 0 Å². The van der Waals surface area contributed by atoms with E-state index in [0.29, 0.717) is 0 Å². The number of aryl methyl sites for hydroxylation is 1. The summed E-state index contributed by atoms with van der Waals surface area (Å²) in [6.45, 7) is 9.44. The molecule has 18 heavy (non-hydrogen) atoms. The summed E-state index contributed by atoms with van der Waals surface area (Å²) in [6, 6.07) is -0.187. The van der Waals surface area contributed by atoms with Crippen LogP contribution in [0.5, 0.6) is 0 Å². The largest absolute Gasteiger partial charge is 0.333 e. The van der Waals surface area contributed by atoms with Gasteiger partial charge in [0.15, 0.2) is 0 Å². The lowest BCUT2D eigenvalue weighted by atomic mass is 9.93. The van der Waals surface area contributed by atoms with Crippen LogP contribution in [-0.2, 0) is 12.0 Å². The van der Waals surface area contributed by atoms with Gasteiger partial charge in [-0.25, -0.2) is 9.97 Å². The van der Waals surface area contributed by atoms with Crippen molar-refractivity contribution in [2.75, 3.05) is 0 Å². The maximum Gasteiger partial charge on any atom is 0.116 e. The fourth-order valence-electron chi connectivity index (χ4n) is 1.76. The van der Waals surface area contributed by atoms with E-state index < -0.39 is 0 Å². The molecule has 0 amide bonds. The number of hydrogen-bond acceptors (Lipinski definition) is 4. The van der Waals surface area contributed by atoms with Gasteiger partial charge in [0.1, 0.15) is 5.01 Å². The molecular formula is C13H20N4S. The smallest absolute Gasteiger partial charge is 0.116 e. The van der Waals surface area contributed by atoms with Crippen molar-refractivity contribution in [3.8, 4) is 0 Å². The molecule has 1 unspecified atom stereocenters. The number of nitrogens with two attached hydrogens (primary N) is 1. The molecule has 0 fully saturated rings. The quantitative estimate of drug-likeness (QED) is 0.927. The van der Waals surface area contributed by atoms with Crippen LogP contribution < -0.4 is 5.73 Å². The van der Waals surface area contributed by atoms with E-state index in [-0.39, 0.29) is 11.5 Å². The van der Waals surface area contributed by atoms with E-state index in [1.165, 1.54) is 0 Å². The Labute approximate surface area is 112 Å². The molecule has 0 saturated carbocycles. The van der Waals surface area contributed by atoms with Gasteiger partial charge in [0, 0.05) is 17.3 Å². The third-order valence-corrected chi connectivity index (χ3v) is 3.89. The molecule has 0 aliphatic heterocycles. The molecule has 2 aromatic rings. The van der Waals surface area contributed by atoms with Gasteiger partial charge in [0.2, 0.25) is 0 Å². The Balaban J connectivity index is 2.29. The van der Waals surface area contributed by atoms with Crippen molar-refractivity contribution in [1.29, 1.82) is 0 Å². The normalized spacial score (nSPS) is 13.8. The van der Waals surface area contributed by atoms with Crippen LogP contribution in [0.1, 0.15) is 50.1 Å². The van der Waals surface area contributed by atoms with Crippen molar-refractivity contribution >= 4 is 11.3 Å². The molecule has 98 valence electrons. The van der Waals surface area contributed by atoms with Crippen LogP contribution in [0.25, 0.3) is 0 Å². The Bertz CT molecular complexity index is 521. The number of aromatic nitrogens is 3. The third-order valence-electron chi connectivity index (χ3n) is 2.96. The van der Waals surface area contributed by atoms with E-state index in [2.05, 4.69) is 47.6 Å². The van der Waals surface area contributed by atoms with Crippen LogP contribution in [0.2, 0.25) is 0 Å². The second-order valence-electron chi connectivity index (χ2n) is 5.40. The molecule has 5 heteroatoms. The van der Waals surface area contributed by atoms with E-state index >= 15 is 0 Å². The summed E-state index contributed by atoms with van der Waals surface area (Å²) in [5, 5.41) is 3.05. The first-order chi connectivity index (χ1) is 8.43. The first kappa shape index (κ1) is 13.2. The number of rotatable bonds is 3. The number of nitrogens with zero attached hydrogens (tertiary/aromatic N) is 3. The molecule has 0 bridgehead atoms. The van der Waals surface area contributed by atoms with Crippen molar-refractivity contribution in [3.63, 3.8) is 0 Å². The highest BCUT2D eigenvalue weighted by Crippen LogP contribution is 2.28. The summed E-state index contributed by atoms with van der Waals surface area (Å²) < 4.78 is 2.06. The SMILES string of the molecule is CCn1cncc1C(N)c1nc(C(C)(C)C)cs1. The lowest BCUT2D eigenvalue weighted by Gasteiger charge is -2.15. The second-order valence-corrected chi connectivity index (χ2v) is 6.29. The molecule has 0 radical (unpaired) electrons. The summed E-state index contributed by atoms with van der Waals surface area (Å²) in [4.78, 5) is 8.82. The summed E-state index contributed by atoms with van der Waals surface area (Å²) in [5.74, 6) is 0. The summed E-state index contributed by atoms with van der Waals surface area (Å²) in [6.07, 6.45) is 3.64. The Hall–Kier alpha value is -1.20. The predicted molar refractivity (Wildman–Crippen MR) is 74.7 cm³/mol. The average Bonchev–Trinajstić information content (AvgIpc) is 2.96. The Morgan fingerprint density at radius 2 is 2.17 bits per heavy atom. The molecule has 2 rings (SSSR count). The van der Waals surface area contributed by atoms with E-state index in [0.717, 1.165) is 22.9 Å². The zero-order valence-corrected chi connectivity index (χ0v) is 12.2. The first-order valence-electron chi connectivity index (χ1n) is 6.15. The highest BCUT2D eigenvalue weighted by Gasteiger charge is 2.21. The molecule has 2 heterocycles. The maximum atomic E-state index is 6.28. The molecule has 0 spiro atoms. The van der Waals surface area contributed by atoms with Crippen LogP contribution >= 0.6 is 11.3 Å². The van der Waals surface area contributed by atoms with Crippen LogP contribution in [0, 0.1) is 0 Å². The van der Waals surface area contributed by atoms with Crippen molar-refractivity contribution in [2.45, 2.75) is 45.7 Å². The fraction of sp³-hybridized carbons (Fsp3) is 0.538. The minimum atomic E-state index is -0.187. The topological polar surface area (TPSA) is 56.7 Å². The lowest BCUT2D eigenvalue weighted by Crippen LogP contribution is -2.17. The van der Waals surface area contributed by atoms with Gasteiger partial charge >= 0.3 is 0 Å². The number of hydrogen-bond donors (Lipinski definition) is 1. The third kappa shape index (κ3) is 2.47. The molecule has 0 saturated heterocycles. The minimum Gasteiger partial charge on any atom is -0.333 e. The van der Waals surface area contributed by atoms with E-state index in [9.17, 15) is 0 Å². The van der Waals surface area contributed by atoms with E-state index in [1.54, 1.807) is 11.3 Å². The van der Waals surface area contributed by atoms with Gasteiger partial charge in [-0.05, 0) is 6.92 Å². The zero-order valence-electron chi connectivity index (χ0n) is 11.3.